The molecule has 0 N–H and O–H groups in total. The Balaban J connectivity index is 2.34. The van der Waals surface area contributed by atoms with Crippen LogP contribution < -0.4 is 4.74 Å². The Morgan fingerprint density at radius 2 is 2.11 bits per heavy atom. The predicted octanol–water partition coefficient (Wildman–Crippen LogP) is 3.86. The summed E-state index contributed by atoms with van der Waals surface area (Å²) in [6.07, 6.45) is 0. The number of nitriles is 1. The van der Waals surface area contributed by atoms with E-state index in [1.54, 1.807) is 31.2 Å². The number of nitrogens with zero attached hydrogens (tertiary/aromatic N) is 3. The molecule has 18 heavy (non-hydrogen) atoms. The van der Waals surface area contributed by atoms with E-state index in [1.165, 1.54) is 0 Å². The summed E-state index contributed by atoms with van der Waals surface area (Å²) in [5, 5.41) is 9.25. The van der Waals surface area contributed by atoms with Crippen molar-refractivity contribution >= 4 is 27.5 Å². The average Bonchev–Trinajstić information content (AvgIpc) is 2.32. The molecule has 0 aliphatic heterocycles. The number of ether oxygens (including phenoxy) is 1. The summed E-state index contributed by atoms with van der Waals surface area (Å²) in [5.74, 6) is 0.439. The first-order valence-corrected chi connectivity index (χ1v) is 6.14. The lowest BCUT2D eigenvalue weighted by atomic mass is 10.3. The van der Waals surface area contributed by atoms with Crippen LogP contribution in [-0.2, 0) is 0 Å². The van der Waals surface area contributed by atoms with E-state index in [0.29, 0.717) is 16.5 Å². The smallest absolute Gasteiger partial charge is 0.323 e. The Morgan fingerprint density at radius 1 is 1.33 bits per heavy atom. The molecule has 0 radical (unpaired) electrons. The van der Waals surface area contributed by atoms with E-state index in [2.05, 4.69) is 25.9 Å². The summed E-state index contributed by atoms with van der Waals surface area (Å²) in [4.78, 5) is 8.03. The Hall–Kier alpha value is -1.64. The van der Waals surface area contributed by atoms with Gasteiger partial charge >= 0.3 is 6.01 Å². The minimum absolute atomic E-state index is 0.107. The van der Waals surface area contributed by atoms with Crippen molar-refractivity contribution in [3.05, 3.63) is 45.1 Å². The van der Waals surface area contributed by atoms with Gasteiger partial charge in [-0.1, -0.05) is 27.5 Å². The van der Waals surface area contributed by atoms with Crippen LogP contribution in [0.25, 0.3) is 0 Å². The molecule has 2 rings (SSSR count). The van der Waals surface area contributed by atoms with Crippen molar-refractivity contribution in [1.29, 1.82) is 5.26 Å². The molecule has 0 atom stereocenters. The van der Waals surface area contributed by atoms with E-state index >= 15 is 0 Å². The second kappa shape index (κ2) is 5.34. The fourth-order valence-electron chi connectivity index (χ4n) is 1.30. The zero-order valence-corrected chi connectivity index (χ0v) is 11.7. The van der Waals surface area contributed by atoms with Crippen molar-refractivity contribution in [2.75, 3.05) is 0 Å². The first kappa shape index (κ1) is 12.8. The summed E-state index contributed by atoms with van der Waals surface area (Å²) in [6.45, 7) is 1.76. The number of hydrogen-bond donors (Lipinski definition) is 0. The van der Waals surface area contributed by atoms with Crippen LogP contribution in [-0.4, -0.2) is 9.97 Å². The van der Waals surface area contributed by atoms with Gasteiger partial charge in [-0.25, -0.2) is 4.98 Å². The molecule has 0 unspecified atom stereocenters. The van der Waals surface area contributed by atoms with Crippen LogP contribution in [0.1, 0.15) is 11.4 Å². The molecule has 4 nitrogen and oxygen atoms in total. The summed E-state index contributed by atoms with van der Waals surface area (Å²) >= 11 is 9.32. The Labute approximate surface area is 117 Å². The van der Waals surface area contributed by atoms with E-state index in [0.717, 1.165) is 4.47 Å². The van der Waals surface area contributed by atoms with E-state index in [4.69, 9.17) is 21.6 Å². The van der Waals surface area contributed by atoms with Crippen LogP contribution in [0.15, 0.2) is 28.7 Å². The number of halogens is 2. The van der Waals surface area contributed by atoms with Gasteiger partial charge in [-0.3, -0.25) is 0 Å². The lowest BCUT2D eigenvalue weighted by Crippen LogP contribution is -1.96. The molecule has 0 saturated heterocycles. The van der Waals surface area contributed by atoms with Gasteiger partial charge in [0.15, 0.2) is 0 Å². The van der Waals surface area contributed by atoms with E-state index in [9.17, 15) is 0 Å². The second-order valence-electron chi connectivity index (χ2n) is 3.47. The van der Waals surface area contributed by atoms with Gasteiger partial charge in [-0.2, -0.15) is 10.2 Å². The number of aromatic nitrogens is 2. The van der Waals surface area contributed by atoms with Gasteiger partial charge in [0, 0.05) is 10.2 Å². The van der Waals surface area contributed by atoms with Crippen molar-refractivity contribution in [3.63, 3.8) is 0 Å². The van der Waals surface area contributed by atoms with Crippen LogP contribution in [0, 0.1) is 18.3 Å². The third kappa shape index (κ3) is 2.97. The quantitative estimate of drug-likeness (QED) is 0.841. The lowest BCUT2D eigenvalue weighted by Gasteiger charge is -2.06. The summed E-state index contributed by atoms with van der Waals surface area (Å²) < 4.78 is 6.31. The monoisotopic (exact) mass is 323 g/mol. The number of benzene rings is 1. The Kier molecular flexibility index (Phi) is 3.80. The molecule has 2 aromatic rings. The predicted molar refractivity (Wildman–Crippen MR) is 70.7 cm³/mol. The van der Waals surface area contributed by atoms with Crippen molar-refractivity contribution in [3.8, 4) is 17.8 Å². The van der Waals surface area contributed by atoms with Crippen molar-refractivity contribution in [2.24, 2.45) is 0 Å². The van der Waals surface area contributed by atoms with Gasteiger partial charge in [-0.15, -0.1) is 0 Å². The molecular formula is C12H7BrClN3O. The van der Waals surface area contributed by atoms with E-state index in [-0.39, 0.29) is 11.7 Å². The normalized spacial score (nSPS) is 9.89. The third-order valence-corrected chi connectivity index (χ3v) is 2.83. The van der Waals surface area contributed by atoms with Gasteiger partial charge in [0.1, 0.15) is 17.5 Å². The molecule has 0 saturated carbocycles. The standard InChI is InChI=1S/C12H7BrClN3O/c1-7-4-9(6-15)17-12(16-7)18-11-3-2-8(13)5-10(11)14/h2-5H,1H3. The zero-order valence-electron chi connectivity index (χ0n) is 9.32. The number of rotatable bonds is 2. The molecule has 1 heterocycles. The maximum Gasteiger partial charge on any atom is 0.323 e. The van der Waals surface area contributed by atoms with Gasteiger partial charge < -0.3 is 4.74 Å². The third-order valence-electron chi connectivity index (χ3n) is 2.04. The van der Waals surface area contributed by atoms with Crippen LogP contribution in [0.2, 0.25) is 5.02 Å². The zero-order chi connectivity index (χ0) is 13.1. The van der Waals surface area contributed by atoms with E-state index in [1.807, 2.05) is 6.07 Å². The lowest BCUT2D eigenvalue weighted by molar-refractivity contribution is 0.440. The maximum atomic E-state index is 8.82. The highest BCUT2D eigenvalue weighted by Gasteiger charge is 2.07. The molecule has 0 aliphatic rings. The van der Waals surface area contributed by atoms with Crippen LogP contribution in [0.3, 0.4) is 0 Å². The van der Waals surface area contributed by atoms with Crippen molar-refractivity contribution < 1.29 is 4.74 Å². The first-order valence-electron chi connectivity index (χ1n) is 4.97. The van der Waals surface area contributed by atoms with Crippen molar-refractivity contribution in [2.45, 2.75) is 6.92 Å². The highest BCUT2D eigenvalue weighted by molar-refractivity contribution is 9.10. The number of aryl methyl sites for hydroxylation is 1. The summed E-state index contributed by atoms with van der Waals surface area (Å²) in [5.41, 5.74) is 0.913. The van der Waals surface area contributed by atoms with E-state index < -0.39 is 0 Å². The molecule has 1 aromatic carbocycles. The Morgan fingerprint density at radius 3 is 2.78 bits per heavy atom. The minimum atomic E-state index is 0.107. The SMILES string of the molecule is Cc1cc(C#N)nc(Oc2ccc(Br)cc2Cl)n1. The molecule has 0 fully saturated rings. The van der Waals surface area contributed by atoms with Crippen LogP contribution in [0.5, 0.6) is 11.8 Å². The largest absolute Gasteiger partial charge is 0.423 e. The highest BCUT2D eigenvalue weighted by Crippen LogP contribution is 2.30. The minimum Gasteiger partial charge on any atom is -0.423 e. The van der Waals surface area contributed by atoms with Gasteiger partial charge in [0.2, 0.25) is 0 Å². The molecule has 0 spiro atoms. The molecule has 1 aromatic heterocycles. The topological polar surface area (TPSA) is 58.8 Å². The molecule has 90 valence electrons. The molecular weight excluding hydrogens is 318 g/mol. The molecule has 0 amide bonds. The van der Waals surface area contributed by atoms with Crippen LogP contribution >= 0.6 is 27.5 Å². The van der Waals surface area contributed by atoms with Crippen molar-refractivity contribution in [1.82, 2.24) is 9.97 Å². The fraction of sp³-hybridized carbons (Fsp3) is 0.0833. The van der Waals surface area contributed by atoms with Gasteiger partial charge in [-0.05, 0) is 31.2 Å². The highest BCUT2D eigenvalue weighted by atomic mass is 79.9. The number of hydrogen-bond acceptors (Lipinski definition) is 4. The maximum absolute atomic E-state index is 8.82. The van der Waals surface area contributed by atoms with Gasteiger partial charge in [0.25, 0.3) is 0 Å². The summed E-state index contributed by atoms with van der Waals surface area (Å²) in [7, 11) is 0. The van der Waals surface area contributed by atoms with Crippen LogP contribution in [0.4, 0.5) is 0 Å². The molecule has 6 heteroatoms. The fourth-order valence-corrected chi connectivity index (χ4v) is 2.01. The first-order chi connectivity index (χ1) is 8.58. The molecule has 0 bridgehead atoms. The second-order valence-corrected chi connectivity index (χ2v) is 4.79. The van der Waals surface area contributed by atoms with Gasteiger partial charge in [0.05, 0.1) is 5.02 Å². The Bertz CT molecular complexity index is 640. The summed E-state index contributed by atoms with van der Waals surface area (Å²) in [6, 6.07) is 8.83. The average molecular weight is 325 g/mol. The molecule has 0 aliphatic carbocycles.